The molecule has 0 atom stereocenters. The van der Waals surface area contributed by atoms with Crippen LogP contribution in [0.1, 0.15) is 16.2 Å². The van der Waals surface area contributed by atoms with Gasteiger partial charge in [-0.2, -0.15) is 4.98 Å². The highest BCUT2D eigenvalue weighted by Gasteiger charge is 2.11. The van der Waals surface area contributed by atoms with Crippen molar-refractivity contribution in [3.8, 4) is 5.88 Å². The van der Waals surface area contributed by atoms with Crippen molar-refractivity contribution in [1.82, 2.24) is 15.0 Å². The fourth-order valence-electron chi connectivity index (χ4n) is 1.40. The first kappa shape index (κ1) is 13.2. The molecule has 0 radical (unpaired) electrons. The van der Waals surface area contributed by atoms with Gasteiger partial charge in [0.15, 0.2) is 0 Å². The van der Waals surface area contributed by atoms with Crippen LogP contribution in [0.25, 0.3) is 0 Å². The van der Waals surface area contributed by atoms with E-state index in [1.54, 1.807) is 31.2 Å². The van der Waals surface area contributed by atoms with Gasteiger partial charge in [0.05, 0.1) is 7.11 Å². The van der Waals surface area contributed by atoms with Gasteiger partial charge >= 0.3 is 0 Å². The average molecular weight is 279 g/mol. The van der Waals surface area contributed by atoms with Gasteiger partial charge in [-0.3, -0.25) is 10.1 Å². The molecule has 7 heteroatoms. The molecule has 0 saturated heterocycles. The van der Waals surface area contributed by atoms with Crippen LogP contribution in [0.15, 0.2) is 24.3 Å². The zero-order valence-corrected chi connectivity index (χ0v) is 11.1. The normalized spacial score (nSPS) is 10.1. The summed E-state index contributed by atoms with van der Waals surface area (Å²) in [5.74, 6) is 0.0978. The maximum absolute atomic E-state index is 11.9. The lowest BCUT2D eigenvalue weighted by Crippen LogP contribution is -2.16. The molecule has 2 heterocycles. The number of nitrogens with one attached hydrogen (secondary N) is 1. The Morgan fingerprint density at radius 3 is 2.79 bits per heavy atom. The molecular weight excluding hydrogens is 268 g/mol. The number of pyridine rings is 1. The van der Waals surface area contributed by atoms with Crippen molar-refractivity contribution in [1.29, 1.82) is 0 Å². The Morgan fingerprint density at radius 1 is 1.32 bits per heavy atom. The number of hydrogen-bond donors (Lipinski definition) is 1. The molecule has 0 aliphatic carbocycles. The zero-order valence-electron chi connectivity index (χ0n) is 10.3. The minimum absolute atomic E-state index is 0.156. The SMILES string of the molecule is COc1cc(C)nc(NC(=O)c2cccc(Cl)n2)n1. The molecule has 0 aliphatic rings. The van der Waals surface area contributed by atoms with Crippen LogP contribution in [0.4, 0.5) is 5.95 Å². The van der Waals surface area contributed by atoms with E-state index in [4.69, 9.17) is 16.3 Å². The Morgan fingerprint density at radius 2 is 2.11 bits per heavy atom. The molecule has 1 amide bonds. The third-order valence-electron chi connectivity index (χ3n) is 2.21. The van der Waals surface area contributed by atoms with Crippen LogP contribution in [-0.2, 0) is 0 Å². The van der Waals surface area contributed by atoms with Crippen LogP contribution in [-0.4, -0.2) is 28.0 Å². The highest BCUT2D eigenvalue weighted by atomic mass is 35.5. The molecule has 0 bridgehead atoms. The fraction of sp³-hybridized carbons (Fsp3) is 0.167. The number of hydrogen-bond acceptors (Lipinski definition) is 5. The molecule has 0 spiro atoms. The Hall–Kier alpha value is -2.21. The molecular formula is C12H11ClN4O2. The van der Waals surface area contributed by atoms with Crippen molar-refractivity contribution in [2.24, 2.45) is 0 Å². The van der Waals surface area contributed by atoms with E-state index in [-0.39, 0.29) is 16.8 Å². The molecule has 1 N–H and O–H groups in total. The third-order valence-corrected chi connectivity index (χ3v) is 2.42. The largest absolute Gasteiger partial charge is 0.481 e. The lowest BCUT2D eigenvalue weighted by Gasteiger charge is -2.06. The van der Waals surface area contributed by atoms with Crippen LogP contribution < -0.4 is 10.1 Å². The van der Waals surface area contributed by atoms with Crippen LogP contribution >= 0.6 is 11.6 Å². The van der Waals surface area contributed by atoms with Gasteiger partial charge in [-0.1, -0.05) is 17.7 Å². The van der Waals surface area contributed by atoms with Gasteiger partial charge in [-0.25, -0.2) is 9.97 Å². The zero-order chi connectivity index (χ0) is 13.8. The number of halogens is 1. The highest BCUT2D eigenvalue weighted by Crippen LogP contribution is 2.12. The molecule has 2 rings (SSSR count). The van der Waals surface area contributed by atoms with Crippen molar-refractivity contribution in [2.45, 2.75) is 6.92 Å². The van der Waals surface area contributed by atoms with Crippen molar-refractivity contribution in [2.75, 3.05) is 12.4 Å². The Labute approximate surface area is 114 Å². The van der Waals surface area contributed by atoms with Crippen LogP contribution in [0.3, 0.4) is 0 Å². The molecule has 0 saturated carbocycles. The number of anilines is 1. The van der Waals surface area contributed by atoms with Gasteiger partial charge < -0.3 is 4.74 Å². The molecule has 0 aliphatic heterocycles. The van der Waals surface area contributed by atoms with E-state index in [2.05, 4.69) is 20.3 Å². The molecule has 98 valence electrons. The standard InChI is InChI=1S/C12H11ClN4O2/c1-7-6-10(19-2)16-12(14-7)17-11(18)8-4-3-5-9(13)15-8/h3-6H,1-2H3,(H,14,16,17,18). The quantitative estimate of drug-likeness (QED) is 0.870. The van der Waals surface area contributed by atoms with Crippen LogP contribution in [0, 0.1) is 6.92 Å². The Bertz CT molecular complexity index is 618. The number of nitrogens with zero attached hydrogens (tertiary/aromatic N) is 3. The number of carbonyl (C=O) groups is 1. The number of ether oxygens (including phenoxy) is 1. The van der Waals surface area contributed by atoms with Crippen molar-refractivity contribution < 1.29 is 9.53 Å². The van der Waals surface area contributed by atoms with Gasteiger partial charge in [0.2, 0.25) is 11.8 Å². The summed E-state index contributed by atoms with van der Waals surface area (Å²) in [5.41, 5.74) is 0.873. The van der Waals surface area contributed by atoms with Crippen LogP contribution in [0.2, 0.25) is 5.15 Å². The summed E-state index contributed by atoms with van der Waals surface area (Å²) in [6.07, 6.45) is 0. The maximum Gasteiger partial charge on any atom is 0.276 e. The lowest BCUT2D eigenvalue weighted by molar-refractivity contribution is 0.102. The molecule has 0 unspecified atom stereocenters. The summed E-state index contributed by atoms with van der Waals surface area (Å²) >= 11 is 5.72. The minimum atomic E-state index is -0.435. The third kappa shape index (κ3) is 3.38. The summed E-state index contributed by atoms with van der Waals surface area (Å²) in [6, 6.07) is 6.44. The van der Waals surface area contributed by atoms with Gasteiger partial charge in [0.1, 0.15) is 10.8 Å². The van der Waals surface area contributed by atoms with E-state index < -0.39 is 5.91 Å². The first-order valence-electron chi connectivity index (χ1n) is 5.42. The molecule has 2 aromatic heterocycles. The number of carbonyl (C=O) groups excluding carboxylic acids is 1. The van der Waals surface area contributed by atoms with E-state index in [0.29, 0.717) is 11.6 Å². The average Bonchev–Trinajstić information content (AvgIpc) is 2.38. The summed E-state index contributed by atoms with van der Waals surface area (Å²) < 4.78 is 5.00. The second-order valence-corrected chi connectivity index (χ2v) is 4.06. The first-order valence-corrected chi connectivity index (χ1v) is 5.80. The number of methoxy groups -OCH3 is 1. The van der Waals surface area contributed by atoms with Gasteiger partial charge in [0.25, 0.3) is 5.91 Å². The van der Waals surface area contributed by atoms with E-state index in [1.165, 1.54) is 7.11 Å². The van der Waals surface area contributed by atoms with Gasteiger partial charge in [-0.15, -0.1) is 0 Å². The van der Waals surface area contributed by atoms with Gasteiger partial charge in [-0.05, 0) is 19.1 Å². The predicted octanol–water partition coefficient (Wildman–Crippen LogP) is 2.09. The van der Waals surface area contributed by atoms with E-state index in [9.17, 15) is 4.79 Å². The van der Waals surface area contributed by atoms with Crippen molar-refractivity contribution in [3.05, 3.63) is 40.8 Å². The fourth-order valence-corrected chi connectivity index (χ4v) is 1.56. The minimum Gasteiger partial charge on any atom is -0.481 e. The summed E-state index contributed by atoms with van der Waals surface area (Å²) in [7, 11) is 1.49. The van der Waals surface area contributed by atoms with Crippen LogP contribution in [0.5, 0.6) is 5.88 Å². The molecule has 0 fully saturated rings. The summed E-state index contributed by atoms with van der Waals surface area (Å²) in [4.78, 5) is 23.9. The topological polar surface area (TPSA) is 77.0 Å². The predicted molar refractivity (Wildman–Crippen MR) is 70.5 cm³/mol. The number of aryl methyl sites for hydroxylation is 1. The van der Waals surface area contributed by atoms with E-state index >= 15 is 0 Å². The Kier molecular flexibility index (Phi) is 3.91. The Balaban J connectivity index is 2.21. The summed E-state index contributed by atoms with van der Waals surface area (Å²) in [6.45, 7) is 1.78. The van der Waals surface area contributed by atoms with Crippen molar-refractivity contribution in [3.63, 3.8) is 0 Å². The van der Waals surface area contributed by atoms with Crippen molar-refractivity contribution >= 4 is 23.5 Å². The molecule has 6 nitrogen and oxygen atoms in total. The van der Waals surface area contributed by atoms with E-state index in [1.807, 2.05) is 0 Å². The second kappa shape index (κ2) is 5.62. The summed E-state index contributed by atoms with van der Waals surface area (Å²) in [5, 5.41) is 2.78. The lowest BCUT2D eigenvalue weighted by atomic mass is 10.3. The maximum atomic E-state index is 11.9. The number of rotatable bonds is 3. The van der Waals surface area contributed by atoms with Gasteiger partial charge in [0, 0.05) is 11.8 Å². The first-order chi connectivity index (χ1) is 9.08. The smallest absolute Gasteiger partial charge is 0.276 e. The molecule has 19 heavy (non-hydrogen) atoms. The number of amides is 1. The molecule has 2 aromatic rings. The second-order valence-electron chi connectivity index (χ2n) is 3.67. The molecule has 0 aromatic carbocycles. The monoisotopic (exact) mass is 278 g/mol. The van der Waals surface area contributed by atoms with E-state index in [0.717, 1.165) is 0 Å². The number of aromatic nitrogens is 3. The highest BCUT2D eigenvalue weighted by molar-refractivity contribution is 6.29.